The molecule has 0 unspecified atom stereocenters. The second-order valence-electron chi connectivity index (χ2n) is 4.64. The Morgan fingerprint density at radius 1 is 1.29 bits per heavy atom. The lowest BCUT2D eigenvalue weighted by atomic mass is 9.90. The van der Waals surface area contributed by atoms with Crippen LogP contribution in [0.2, 0.25) is 0 Å². The Bertz CT molecular complexity index is 415. The second-order valence-corrected chi connectivity index (χ2v) is 4.64. The molecule has 0 spiro atoms. The van der Waals surface area contributed by atoms with Crippen molar-refractivity contribution in [3.05, 3.63) is 34.9 Å². The first kappa shape index (κ1) is 12.0. The summed E-state index contributed by atoms with van der Waals surface area (Å²) in [4.78, 5) is 12.9. The Morgan fingerprint density at radius 3 is 2.71 bits per heavy atom. The lowest BCUT2D eigenvalue weighted by Crippen LogP contribution is -2.25. The number of aryl methyl sites for hydroxylation is 2. The first-order chi connectivity index (χ1) is 8.20. The molecule has 0 aliphatic heterocycles. The van der Waals surface area contributed by atoms with Gasteiger partial charge in [-0.05, 0) is 42.4 Å². The third kappa shape index (κ3) is 2.78. The maximum absolute atomic E-state index is 11.3. The number of carbonyl (C=O) groups excluding carboxylic acids is 1. The van der Waals surface area contributed by atoms with Crippen LogP contribution in [0, 0.1) is 0 Å². The maximum atomic E-state index is 11.3. The molecule has 1 aromatic rings. The van der Waals surface area contributed by atoms with Gasteiger partial charge in [0.1, 0.15) is 0 Å². The summed E-state index contributed by atoms with van der Waals surface area (Å²) in [5.74, 6) is 0. The molecule has 3 heteroatoms. The van der Waals surface area contributed by atoms with E-state index in [9.17, 15) is 4.79 Å². The van der Waals surface area contributed by atoms with Gasteiger partial charge in [-0.25, -0.2) is 4.79 Å². The Morgan fingerprint density at radius 2 is 2.00 bits per heavy atom. The Kier molecular flexibility index (Phi) is 3.67. The summed E-state index contributed by atoms with van der Waals surface area (Å²) in [5, 5.41) is 0. The highest BCUT2D eigenvalue weighted by Crippen LogP contribution is 2.22. The molecule has 17 heavy (non-hydrogen) atoms. The predicted octanol–water partition coefficient (Wildman–Crippen LogP) is 2.76. The fourth-order valence-corrected chi connectivity index (χ4v) is 2.38. The van der Waals surface area contributed by atoms with E-state index in [1.165, 1.54) is 49.5 Å². The number of carbonyl (C=O) groups is 1. The molecule has 0 saturated heterocycles. The van der Waals surface area contributed by atoms with Crippen LogP contribution in [-0.2, 0) is 24.1 Å². The van der Waals surface area contributed by atoms with Gasteiger partial charge in [0, 0.05) is 13.6 Å². The number of hydrogen-bond acceptors (Lipinski definition) is 2. The molecule has 0 fully saturated rings. The first-order valence-corrected chi connectivity index (χ1v) is 6.10. The maximum Gasteiger partial charge on any atom is 0.409 e. The molecule has 3 nitrogen and oxygen atoms in total. The molecule has 0 bridgehead atoms. The van der Waals surface area contributed by atoms with Gasteiger partial charge in [0.25, 0.3) is 0 Å². The molecule has 2 rings (SSSR count). The minimum absolute atomic E-state index is 0.289. The zero-order valence-electron chi connectivity index (χ0n) is 10.5. The van der Waals surface area contributed by atoms with Gasteiger partial charge in [0.2, 0.25) is 0 Å². The van der Waals surface area contributed by atoms with E-state index in [0.29, 0.717) is 6.54 Å². The van der Waals surface area contributed by atoms with E-state index in [1.54, 1.807) is 11.9 Å². The molecule has 92 valence electrons. The van der Waals surface area contributed by atoms with E-state index >= 15 is 0 Å². The van der Waals surface area contributed by atoms with Gasteiger partial charge in [0.15, 0.2) is 0 Å². The van der Waals surface area contributed by atoms with Gasteiger partial charge in [0.05, 0.1) is 7.11 Å². The Balaban J connectivity index is 2.09. The van der Waals surface area contributed by atoms with Crippen molar-refractivity contribution < 1.29 is 9.53 Å². The monoisotopic (exact) mass is 233 g/mol. The lowest BCUT2D eigenvalue weighted by molar-refractivity contribution is 0.131. The number of rotatable bonds is 2. The number of hydrogen-bond donors (Lipinski definition) is 0. The third-order valence-corrected chi connectivity index (χ3v) is 3.32. The summed E-state index contributed by atoms with van der Waals surface area (Å²) in [6.45, 7) is 0.611. The first-order valence-electron chi connectivity index (χ1n) is 6.10. The van der Waals surface area contributed by atoms with Crippen LogP contribution in [0.25, 0.3) is 0 Å². The van der Waals surface area contributed by atoms with Crippen molar-refractivity contribution in [1.82, 2.24) is 4.90 Å². The third-order valence-electron chi connectivity index (χ3n) is 3.32. The number of nitrogens with zero attached hydrogens (tertiary/aromatic N) is 1. The largest absolute Gasteiger partial charge is 0.453 e. The Labute approximate surface area is 102 Å². The molecule has 0 atom stereocenters. The van der Waals surface area contributed by atoms with E-state index < -0.39 is 0 Å². The van der Waals surface area contributed by atoms with Crippen molar-refractivity contribution in [3.8, 4) is 0 Å². The SMILES string of the molecule is COC(=O)N(C)Cc1ccc2c(c1)CCCC2. The minimum atomic E-state index is -0.289. The van der Waals surface area contributed by atoms with E-state index in [-0.39, 0.29) is 6.09 Å². The van der Waals surface area contributed by atoms with Gasteiger partial charge >= 0.3 is 6.09 Å². The van der Waals surface area contributed by atoms with Gasteiger partial charge in [-0.3, -0.25) is 0 Å². The van der Waals surface area contributed by atoms with Gasteiger partial charge in [-0.2, -0.15) is 0 Å². The van der Waals surface area contributed by atoms with Crippen LogP contribution in [0.4, 0.5) is 4.79 Å². The summed E-state index contributed by atoms with van der Waals surface area (Å²) in [5.41, 5.74) is 4.10. The second kappa shape index (κ2) is 5.21. The van der Waals surface area contributed by atoms with Gasteiger partial charge in [-0.1, -0.05) is 18.2 Å². The minimum Gasteiger partial charge on any atom is -0.453 e. The molecule has 1 amide bonds. The van der Waals surface area contributed by atoms with Crippen molar-refractivity contribution >= 4 is 6.09 Å². The highest BCUT2D eigenvalue weighted by Gasteiger charge is 2.12. The smallest absolute Gasteiger partial charge is 0.409 e. The average Bonchev–Trinajstić information content (AvgIpc) is 2.37. The molecule has 0 N–H and O–H groups in total. The topological polar surface area (TPSA) is 29.5 Å². The summed E-state index contributed by atoms with van der Waals surface area (Å²) >= 11 is 0. The number of amides is 1. The molecular formula is C14H19NO2. The van der Waals surface area contributed by atoms with E-state index in [4.69, 9.17) is 0 Å². The number of benzene rings is 1. The van der Waals surface area contributed by atoms with E-state index in [0.717, 1.165) is 0 Å². The van der Waals surface area contributed by atoms with Crippen molar-refractivity contribution in [3.63, 3.8) is 0 Å². The highest BCUT2D eigenvalue weighted by molar-refractivity contribution is 5.67. The number of ether oxygens (including phenoxy) is 1. The van der Waals surface area contributed by atoms with Gasteiger partial charge < -0.3 is 9.64 Å². The van der Waals surface area contributed by atoms with Crippen LogP contribution in [0.3, 0.4) is 0 Å². The molecule has 0 aromatic heterocycles. The quantitative estimate of drug-likeness (QED) is 0.786. The molecule has 0 heterocycles. The molecule has 0 saturated carbocycles. The van der Waals surface area contributed by atoms with Crippen LogP contribution in [0.1, 0.15) is 29.5 Å². The Hall–Kier alpha value is -1.51. The van der Waals surface area contributed by atoms with Crippen molar-refractivity contribution in [2.75, 3.05) is 14.2 Å². The van der Waals surface area contributed by atoms with Crippen molar-refractivity contribution in [2.24, 2.45) is 0 Å². The number of fused-ring (bicyclic) bond motifs is 1. The van der Waals surface area contributed by atoms with Gasteiger partial charge in [-0.15, -0.1) is 0 Å². The summed E-state index contributed by atoms with van der Waals surface area (Å²) < 4.78 is 4.68. The van der Waals surface area contributed by atoms with E-state index in [2.05, 4.69) is 22.9 Å². The number of methoxy groups -OCH3 is 1. The molecule has 1 aliphatic rings. The summed E-state index contributed by atoms with van der Waals surface area (Å²) in [6, 6.07) is 6.55. The normalized spacial score (nSPS) is 14.0. The molecular weight excluding hydrogens is 214 g/mol. The highest BCUT2D eigenvalue weighted by atomic mass is 16.5. The van der Waals surface area contributed by atoms with Crippen molar-refractivity contribution in [2.45, 2.75) is 32.2 Å². The van der Waals surface area contributed by atoms with Crippen molar-refractivity contribution in [1.29, 1.82) is 0 Å². The standard InChI is InChI=1S/C14H19NO2/c1-15(14(16)17-2)10-11-7-8-12-5-3-4-6-13(12)9-11/h7-9H,3-6,10H2,1-2H3. The summed E-state index contributed by atoms with van der Waals surface area (Å²) in [6.07, 6.45) is 4.66. The fourth-order valence-electron chi connectivity index (χ4n) is 2.38. The lowest BCUT2D eigenvalue weighted by Gasteiger charge is -2.19. The van der Waals surface area contributed by atoms with Crippen LogP contribution < -0.4 is 0 Å². The predicted molar refractivity (Wildman–Crippen MR) is 67.0 cm³/mol. The van der Waals surface area contributed by atoms with Crippen LogP contribution in [0.5, 0.6) is 0 Å². The van der Waals surface area contributed by atoms with Crippen LogP contribution >= 0.6 is 0 Å². The fraction of sp³-hybridized carbons (Fsp3) is 0.500. The van der Waals surface area contributed by atoms with Crippen LogP contribution in [-0.4, -0.2) is 25.2 Å². The summed E-state index contributed by atoms with van der Waals surface area (Å²) in [7, 11) is 3.16. The average molecular weight is 233 g/mol. The molecule has 1 aliphatic carbocycles. The molecule has 1 aromatic carbocycles. The van der Waals surface area contributed by atoms with E-state index in [1.807, 2.05) is 0 Å². The van der Waals surface area contributed by atoms with Crippen LogP contribution in [0.15, 0.2) is 18.2 Å². The molecule has 0 radical (unpaired) electrons. The zero-order chi connectivity index (χ0) is 12.3. The zero-order valence-corrected chi connectivity index (χ0v) is 10.5.